The van der Waals surface area contributed by atoms with Crippen LogP contribution in [0.5, 0.6) is 0 Å². The van der Waals surface area contributed by atoms with E-state index in [4.69, 9.17) is 0 Å². The first kappa shape index (κ1) is 14.0. The van der Waals surface area contributed by atoms with Crippen LogP contribution in [0.15, 0.2) is 36.5 Å². The van der Waals surface area contributed by atoms with Gasteiger partial charge in [0.1, 0.15) is 0 Å². The standard InChI is InChI=1S/C17H21BrN2/c18-9-8-16-5-1-2-11-20(16)13-14-6-7-17-15(12-14)4-3-10-19-17/h3-4,6-7,10,12,16H,1-2,5,8-9,11,13H2. The predicted molar refractivity (Wildman–Crippen MR) is 88.2 cm³/mol. The highest BCUT2D eigenvalue weighted by Crippen LogP contribution is 2.23. The molecule has 1 aliphatic rings. The summed E-state index contributed by atoms with van der Waals surface area (Å²) < 4.78 is 0. The van der Waals surface area contributed by atoms with Gasteiger partial charge in [-0.1, -0.05) is 34.5 Å². The molecular formula is C17H21BrN2. The molecule has 3 rings (SSSR count). The first-order chi connectivity index (χ1) is 9.86. The molecule has 0 radical (unpaired) electrons. The highest BCUT2D eigenvalue weighted by atomic mass is 79.9. The van der Waals surface area contributed by atoms with Gasteiger partial charge in [0.05, 0.1) is 5.52 Å². The van der Waals surface area contributed by atoms with Gasteiger partial charge in [-0.05, 0) is 49.6 Å². The van der Waals surface area contributed by atoms with E-state index in [1.807, 2.05) is 12.3 Å². The van der Waals surface area contributed by atoms with E-state index >= 15 is 0 Å². The maximum Gasteiger partial charge on any atom is 0.0702 e. The molecule has 3 heteroatoms. The van der Waals surface area contributed by atoms with Crippen molar-refractivity contribution in [1.82, 2.24) is 9.88 Å². The number of rotatable bonds is 4. The third kappa shape index (κ3) is 3.21. The molecule has 0 aliphatic carbocycles. The normalized spacial score (nSPS) is 20.4. The van der Waals surface area contributed by atoms with Crippen LogP contribution >= 0.6 is 15.9 Å². The van der Waals surface area contributed by atoms with Gasteiger partial charge in [0.15, 0.2) is 0 Å². The summed E-state index contributed by atoms with van der Waals surface area (Å²) in [5.41, 5.74) is 2.50. The maximum atomic E-state index is 4.39. The lowest BCUT2D eigenvalue weighted by Gasteiger charge is -2.35. The number of likely N-dealkylation sites (tertiary alicyclic amines) is 1. The van der Waals surface area contributed by atoms with Crippen molar-refractivity contribution in [2.75, 3.05) is 11.9 Å². The molecule has 0 spiro atoms. The van der Waals surface area contributed by atoms with E-state index in [0.29, 0.717) is 0 Å². The summed E-state index contributed by atoms with van der Waals surface area (Å²) in [6, 6.07) is 11.6. The number of halogens is 1. The molecule has 0 N–H and O–H groups in total. The average Bonchev–Trinajstić information content (AvgIpc) is 2.49. The molecular weight excluding hydrogens is 312 g/mol. The van der Waals surface area contributed by atoms with Crippen LogP contribution in [0.25, 0.3) is 10.9 Å². The van der Waals surface area contributed by atoms with Crippen LogP contribution in [-0.2, 0) is 6.54 Å². The molecule has 1 aromatic heterocycles. The molecule has 0 amide bonds. The van der Waals surface area contributed by atoms with Crippen LogP contribution in [-0.4, -0.2) is 27.8 Å². The van der Waals surface area contributed by atoms with E-state index in [1.165, 1.54) is 43.2 Å². The summed E-state index contributed by atoms with van der Waals surface area (Å²) in [5, 5.41) is 2.36. The van der Waals surface area contributed by atoms with Crippen molar-refractivity contribution in [2.45, 2.75) is 38.3 Å². The smallest absolute Gasteiger partial charge is 0.0702 e. The molecule has 0 bridgehead atoms. The van der Waals surface area contributed by atoms with E-state index < -0.39 is 0 Å². The van der Waals surface area contributed by atoms with Crippen LogP contribution in [0, 0.1) is 0 Å². The molecule has 2 nitrogen and oxygen atoms in total. The Hall–Kier alpha value is -0.930. The lowest BCUT2D eigenvalue weighted by atomic mass is 9.99. The van der Waals surface area contributed by atoms with Crippen LogP contribution in [0.3, 0.4) is 0 Å². The minimum absolute atomic E-state index is 0.743. The first-order valence-corrected chi connectivity index (χ1v) is 8.62. The van der Waals surface area contributed by atoms with Crippen molar-refractivity contribution in [3.05, 3.63) is 42.1 Å². The third-order valence-corrected chi connectivity index (χ3v) is 4.70. The summed E-state index contributed by atoms with van der Waals surface area (Å²) in [6.45, 7) is 2.31. The van der Waals surface area contributed by atoms with Crippen LogP contribution in [0.1, 0.15) is 31.2 Å². The largest absolute Gasteiger partial charge is 0.296 e. The van der Waals surface area contributed by atoms with Gasteiger partial charge in [0.2, 0.25) is 0 Å². The van der Waals surface area contributed by atoms with Gasteiger partial charge in [-0.3, -0.25) is 9.88 Å². The SMILES string of the molecule is BrCCC1CCCCN1Cc1ccc2ncccc2c1. The van der Waals surface area contributed by atoms with Gasteiger partial charge in [0.25, 0.3) is 0 Å². The number of nitrogens with zero attached hydrogens (tertiary/aromatic N) is 2. The fraction of sp³-hybridized carbons (Fsp3) is 0.471. The van der Waals surface area contributed by atoms with Gasteiger partial charge in [-0.15, -0.1) is 0 Å². The molecule has 1 aliphatic heterocycles. The average molecular weight is 333 g/mol. The maximum absolute atomic E-state index is 4.39. The van der Waals surface area contributed by atoms with Crippen molar-refractivity contribution in [2.24, 2.45) is 0 Å². The summed E-state index contributed by atoms with van der Waals surface area (Å²) in [7, 11) is 0. The second kappa shape index (κ2) is 6.68. The predicted octanol–water partition coefficient (Wildman–Crippen LogP) is 4.37. The van der Waals surface area contributed by atoms with Gasteiger partial charge in [0, 0.05) is 29.5 Å². The van der Waals surface area contributed by atoms with E-state index in [-0.39, 0.29) is 0 Å². The van der Waals surface area contributed by atoms with Crippen LogP contribution in [0.2, 0.25) is 0 Å². The molecule has 20 heavy (non-hydrogen) atoms. The second-order valence-corrected chi connectivity index (χ2v) is 6.42. The molecule has 1 fully saturated rings. The number of fused-ring (bicyclic) bond motifs is 1. The Kier molecular flexibility index (Phi) is 4.69. The first-order valence-electron chi connectivity index (χ1n) is 7.50. The Balaban J connectivity index is 1.77. The third-order valence-electron chi connectivity index (χ3n) is 4.24. The Bertz CT molecular complexity index is 568. The van der Waals surface area contributed by atoms with E-state index in [9.17, 15) is 0 Å². The minimum Gasteiger partial charge on any atom is -0.296 e. The second-order valence-electron chi connectivity index (χ2n) is 5.63. The zero-order valence-corrected chi connectivity index (χ0v) is 13.3. The van der Waals surface area contributed by atoms with Crippen molar-refractivity contribution >= 4 is 26.8 Å². The summed E-state index contributed by atoms with van der Waals surface area (Å²) in [6.07, 6.45) is 7.19. The van der Waals surface area contributed by atoms with Gasteiger partial charge >= 0.3 is 0 Å². The number of benzene rings is 1. The fourth-order valence-corrected chi connectivity index (χ4v) is 3.71. The van der Waals surface area contributed by atoms with Crippen molar-refractivity contribution < 1.29 is 0 Å². The molecule has 1 unspecified atom stereocenters. The Morgan fingerprint density at radius 2 is 2.20 bits per heavy atom. The Labute approximate surface area is 129 Å². The minimum atomic E-state index is 0.743. The number of hydrogen-bond donors (Lipinski definition) is 0. The Morgan fingerprint density at radius 3 is 3.10 bits per heavy atom. The highest BCUT2D eigenvalue weighted by molar-refractivity contribution is 9.09. The number of aromatic nitrogens is 1. The zero-order chi connectivity index (χ0) is 13.8. The lowest BCUT2D eigenvalue weighted by molar-refractivity contribution is 0.137. The summed E-state index contributed by atoms with van der Waals surface area (Å²) in [5.74, 6) is 0. The molecule has 106 valence electrons. The van der Waals surface area contributed by atoms with E-state index in [1.54, 1.807) is 0 Å². The summed E-state index contributed by atoms with van der Waals surface area (Å²) in [4.78, 5) is 7.05. The molecule has 0 saturated carbocycles. The van der Waals surface area contributed by atoms with Crippen molar-refractivity contribution in [1.29, 1.82) is 0 Å². The molecule has 1 atom stereocenters. The molecule has 1 aromatic carbocycles. The quantitative estimate of drug-likeness (QED) is 0.772. The van der Waals surface area contributed by atoms with Crippen LogP contribution < -0.4 is 0 Å². The molecule has 2 heterocycles. The summed E-state index contributed by atoms with van der Waals surface area (Å²) >= 11 is 3.60. The van der Waals surface area contributed by atoms with E-state index in [2.05, 4.69) is 50.1 Å². The van der Waals surface area contributed by atoms with E-state index in [0.717, 1.165) is 23.4 Å². The van der Waals surface area contributed by atoms with Crippen LogP contribution in [0.4, 0.5) is 0 Å². The highest BCUT2D eigenvalue weighted by Gasteiger charge is 2.21. The number of pyridine rings is 1. The molecule has 1 saturated heterocycles. The van der Waals surface area contributed by atoms with Gasteiger partial charge in [-0.25, -0.2) is 0 Å². The number of piperidine rings is 1. The van der Waals surface area contributed by atoms with Crippen molar-refractivity contribution in [3.8, 4) is 0 Å². The topological polar surface area (TPSA) is 16.1 Å². The van der Waals surface area contributed by atoms with Gasteiger partial charge < -0.3 is 0 Å². The van der Waals surface area contributed by atoms with Crippen molar-refractivity contribution in [3.63, 3.8) is 0 Å². The Morgan fingerprint density at radius 1 is 1.25 bits per heavy atom. The monoisotopic (exact) mass is 332 g/mol. The number of hydrogen-bond acceptors (Lipinski definition) is 2. The molecule has 2 aromatic rings. The fourth-order valence-electron chi connectivity index (χ4n) is 3.18. The number of alkyl halides is 1. The lowest BCUT2D eigenvalue weighted by Crippen LogP contribution is -2.39. The van der Waals surface area contributed by atoms with Gasteiger partial charge in [-0.2, -0.15) is 0 Å². The zero-order valence-electron chi connectivity index (χ0n) is 11.8.